The zero-order valence-electron chi connectivity index (χ0n) is 9.75. The number of hydrogen-bond donors (Lipinski definition) is 1. The number of nitrogens with one attached hydrogen (secondary N) is 1. The number of halogens is 3. The molecule has 1 N–H and O–H groups in total. The highest BCUT2D eigenvalue weighted by Crippen LogP contribution is 2.31. The summed E-state index contributed by atoms with van der Waals surface area (Å²) < 4.78 is 1.01. The van der Waals surface area contributed by atoms with Crippen LogP contribution < -0.4 is 5.32 Å². The van der Waals surface area contributed by atoms with Crippen LogP contribution in [0.25, 0.3) is 0 Å². The first-order chi connectivity index (χ1) is 8.61. The number of rotatable bonds is 3. The van der Waals surface area contributed by atoms with Crippen LogP contribution >= 0.6 is 39.1 Å². The maximum atomic E-state index is 6.26. The van der Waals surface area contributed by atoms with Gasteiger partial charge in [0.15, 0.2) is 0 Å². The third-order valence-corrected chi connectivity index (χ3v) is 3.85. The van der Waals surface area contributed by atoms with Crippen LogP contribution in [0.3, 0.4) is 0 Å². The summed E-state index contributed by atoms with van der Waals surface area (Å²) in [5.41, 5.74) is 2.16. The van der Waals surface area contributed by atoms with Gasteiger partial charge in [-0.25, -0.2) is 0 Å². The summed E-state index contributed by atoms with van der Waals surface area (Å²) in [6.45, 7) is 0. The Hall–Kier alpha value is -0.540. The minimum Gasteiger partial charge on any atom is -0.309 e. The van der Waals surface area contributed by atoms with E-state index in [0.29, 0.717) is 0 Å². The van der Waals surface area contributed by atoms with Crippen molar-refractivity contribution in [2.45, 2.75) is 6.04 Å². The molecule has 0 aliphatic heterocycles. The van der Waals surface area contributed by atoms with E-state index >= 15 is 0 Å². The third kappa shape index (κ3) is 3.07. The van der Waals surface area contributed by atoms with Crippen molar-refractivity contribution in [1.29, 1.82) is 0 Å². The summed E-state index contributed by atoms with van der Waals surface area (Å²) in [5.74, 6) is 0. The molecule has 0 saturated heterocycles. The molecule has 2 aromatic carbocycles. The first-order valence-electron chi connectivity index (χ1n) is 5.49. The van der Waals surface area contributed by atoms with E-state index in [1.54, 1.807) is 0 Å². The van der Waals surface area contributed by atoms with Crippen molar-refractivity contribution in [3.05, 3.63) is 68.1 Å². The molecular formula is C14H12BrCl2N. The first-order valence-corrected chi connectivity index (χ1v) is 7.04. The van der Waals surface area contributed by atoms with Gasteiger partial charge in [-0.1, -0.05) is 51.3 Å². The second-order valence-electron chi connectivity index (χ2n) is 3.94. The van der Waals surface area contributed by atoms with Crippen LogP contribution in [0.1, 0.15) is 17.2 Å². The zero-order chi connectivity index (χ0) is 13.1. The van der Waals surface area contributed by atoms with Gasteiger partial charge in [-0.3, -0.25) is 0 Å². The smallest absolute Gasteiger partial charge is 0.0589 e. The normalized spacial score (nSPS) is 12.4. The molecule has 0 radical (unpaired) electrons. The van der Waals surface area contributed by atoms with Crippen LogP contribution in [0.2, 0.25) is 10.0 Å². The second kappa shape index (κ2) is 6.07. The maximum Gasteiger partial charge on any atom is 0.0589 e. The fourth-order valence-electron chi connectivity index (χ4n) is 1.89. The molecular weight excluding hydrogens is 333 g/mol. The molecule has 0 fully saturated rings. The SMILES string of the molecule is CNC(c1ccc(Cl)cc1)c1cc(Br)ccc1Cl. The summed E-state index contributed by atoms with van der Waals surface area (Å²) >= 11 is 15.6. The highest BCUT2D eigenvalue weighted by atomic mass is 79.9. The fourth-order valence-corrected chi connectivity index (χ4v) is 2.62. The monoisotopic (exact) mass is 343 g/mol. The van der Waals surface area contributed by atoms with E-state index in [0.717, 1.165) is 25.6 Å². The average molecular weight is 345 g/mol. The second-order valence-corrected chi connectivity index (χ2v) is 5.70. The molecule has 94 valence electrons. The Morgan fingerprint density at radius 3 is 2.33 bits per heavy atom. The van der Waals surface area contributed by atoms with E-state index in [1.807, 2.05) is 49.5 Å². The van der Waals surface area contributed by atoms with Crippen LogP contribution in [0.15, 0.2) is 46.9 Å². The molecule has 1 nitrogen and oxygen atoms in total. The van der Waals surface area contributed by atoms with Crippen LogP contribution in [0, 0.1) is 0 Å². The quantitative estimate of drug-likeness (QED) is 0.820. The van der Waals surface area contributed by atoms with Gasteiger partial charge in [-0.05, 0) is 48.5 Å². The van der Waals surface area contributed by atoms with Crippen molar-refractivity contribution >= 4 is 39.1 Å². The minimum absolute atomic E-state index is 0.0484. The number of benzene rings is 2. The van der Waals surface area contributed by atoms with E-state index in [1.165, 1.54) is 0 Å². The van der Waals surface area contributed by atoms with Gasteiger partial charge in [0, 0.05) is 14.5 Å². The Balaban J connectivity index is 2.44. The van der Waals surface area contributed by atoms with Crippen molar-refractivity contribution in [2.75, 3.05) is 7.05 Å². The van der Waals surface area contributed by atoms with E-state index in [9.17, 15) is 0 Å². The molecule has 2 rings (SSSR count). The highest BCUT2D eigenvalue weighted by Gasteiger charge is 2.15. The zero-order valence-corrected chi connectivity index (χ0v) is 12.9. The first kappa shape index (κ1) is 13.9. The van der Waals surface area contributed by atoms with Gasteiger partial charge in [0.05, 0.1) is 6.04 Å². The molecule has 0 spiro atoms. The van der Waals surface area contributed by atoms with E-state index in [-0.39, 0.29) is 6.04 Å². The Morgan fingerprint density at radius 2 is 1.72 bits per heavy atom. The topological polar surface area (TPSA) is 12.0 Å². The minimum atomic E-state index is 0.0484. The third-order valence-electron chi connectivity index (χ3n) is 2.76. The van der Waals surface area contributed by atoms with E-state index in [4.69, 9.17) is 23.2 Å². The van der Waals surface area contributed by atoms with Gasteiger partial charge in [-0.15, -0.1) is 0 Å². The predicted octanol–water partition coefficient (Wildman–Crippen LogP) is 5.06. The Bertz CT molecular complexity index is 540. The molecule has 0 heterocycles. The summed E-state index contributed by atoms with van der Waals surface area (Å²) in [6, 6.07) is 13.7. The summed E-state index contributed by atoms with van der Waals surface area (Å²) in [4.78, 5) is 0. The van der Waals surface area contributed by atoms with Crippen molar-refractivity contribution in [2.24, 2.45) is 0 Å². The molecule has 18 heavy (non-hydrogen) atoms. The molecule has 1 unspecified atom stereocenters. The summed E-state index contributed by atoms with van der Waals surface area (Å²) in [6.07, 6.45) is 0. The molecule has 0 amide bonds. The van der Waals surface area contributed by atoms with Crippen molar-refractivity contribution in [3.63, 3.8) is 0 Å². The van der Waals surface area contributed by atoms with Gasteiger partial charge in [0.2, 0.25) is 0 Å². The van der Waals surface area contributed by atoms with Crippen LogP contribution in [-0.2, 0) is 0 Å². The van der Waals surface area contributed by atoms with Crippen LogP contribution in [0.5, 0.6) is 0 Å². The Kier molecular flexibility index (Phi) is 4.68. The fraction of sp³-hybridized carbons (Fsp3) is 0.143. The van der Waals surface area contributed by atoms with E-state index < -0.39 is 0 Å². The molecule has 0 aliphatic rings. The van der Waals surface area contributed by atoms with Gasteiger partial charge in [0.25, 0.3) is 0 Å². The lowest BCUT2D eigenvalue weighted by Gasteiger charge is -2.19. The van der Waals surface area contributed by atoms with Crippen molar-refractivity contribution in [1.82, 2.24) is 5.32 Å². The molecule has 4 heteroatoms. The van der Waals surface area contributed by atoms with Gasteiger partial charge < -0.3 is 5.32 Å². The van der Waals surface area contributed by atoms with Gasteiger partial charge in [-0.2, -0.15) is 0 Å². The lowest BCUT2D eigenvalue weighted by atomic mass is 9.99. The van der Waals surface area contributed by atoms with Crippen LogP contribution in [-0.4, -0.2) is 7.05 Å². The van der Waals surface area contributed by atoms with Crippen molar-refractivity contribution < 1.29 is 0 Å². The molecule has 2 aromatic rings. The van der Waals surface area contributed by atoms with E-state index in [2.05, 4.69) is 21.2 Å². The molecule has 1 atom stereocenters. The van der Waals surface area contributed by atoms with Gasteiger partial charge in [0.1, 0.15) is 0 Å². The summed E-state index contributed by atoms with van der Waals surface area (Å²) in [7, 11) is 1.91. The average Bonchev–Trinajstić information content (AvgIpc) is 2.37. The van der Waals surface area contributed by atoms with Crippen LogP contribution in [0.4, 0.5) is 0 Å². The van der Waals surface area contributed by atoms with Gasteiger partial charge >= 0.3 is 0 Å². The Labute approximate surface area is 125 Å². The predicted molar refractivity (Wildman–Crippen MR) is 81.5 cm³/mol. The lowest BCUT2D eigenvalue weighted by molar-refractivity contribution is 0.692. The largest absolute Gasteiger partial charge is 0.309 e. The lowest BCUT2D eigenvalue weighted by Crippen LogP contribution is -2.18. The molecule has 0 aliphatic carbocycles. The number of hydrogen-bond acceptors (Lipinski definition) is 1. The highest BCUT2D eigenvalue weighted by molar-refractivity contribution is 9.10. The summed E-state index contributed by atoms with van der Waals surface area (Å²) in [5, 5.41) is 4.75. The molecule has 0 bridgehead atoms. The Morgan fingerprint density at radius 1 is 1.06 bits per heavy atom. The molecule has 0 aromatic heterocycles. The molecule has 0 saturated carbocycles. The maximum absolute atomic E-state index is 6.26. The standard InChI is InChI=1S/C14H12BrCl2N/c1-18-14(9-2-5-11(16)6-3-9)12-8-10(15)4-7-13(12)17/h2-8,14,18H,1H3. The van der Waals surface area contributed by atoms with Crippen molar-refractivity contribution in [3.8, 4) is 0 Å².